The van der Waals surface area contributed by atoms with E-state index in [-0.39, 0.29) is 11.7 Å². The van der Waals surface area contributed by atoms with Crippen LogP contribution < -0.4 is 4.74 Å². The molecule has 2 bridgehead atoms. The number of ether oxygens (including phenoxy) is 1. The molecule has 2 atom stereocenters. The van der Waals surface area contributed by atoms with E-state index < -0.39 is 0 Å². The maximum Gasteiger partial charge on any atom is 0.123 e. The zero-order chi connectivity index (χ0) is 16.5. The average molecular weight is 325 g/mol. The van der Waals surface area contributed by atoms with Crippen molar-refractivity contribution < 1.29 is 9.13 Å². The van der Waals surface area contributed by atoms with E-state index in [9.17, 15) is 4.39 Å². The Morgan fingerprint density at radius 1 is 1.04 bits per heavy atom. The predicted molar refractivity (Wildman–Crippen MR) is 93.9 cm³/mol. The first-order chi connectivity index (χ1) is 11.7. The number of hydrogen-bond donors (Lipinski definition) is 0. The van der Waals surface area contributed by atoms with Gasteiger partial charge in [-0.25, -0.2) is 4.39 Å². The molecule has 0 radical (unpaired) electrons. The lowest BCUT2D eigenvalue weighted by Gasteiger charge is -2.44. The van der Waals surface area contributed by atoms with Crippen molar-refractivity contribution in [3.63, 3.8) is 0 Å². The van der Waals surface area contributed by atoms with Gasteiger partial charge in [-0.05, 0) is 67.2 Å². The Morgan fingerprint density at radius 2 is 1.79 bits per heavy atom. The molecule has 126 valence electrons. The summed E-state index contributed by atoms with van der Waals surface area (Å²) in [6, 6.07) is 15.2. The van der Waals surface area contributed by atoms with E-state index in [0.717, 1.165) is 17.9 Å². The van der Waals surface area contributed by atoms with Crippen LogP contribution in [0.15, 0.2) is 48.5 Å². The topological polar surface area (TPSA) is 12.5 Å². The van der Waals surface area contributed by atoms with E-state index in [1.165, 1.54) is 37.6 Å². The molecule has 3 aliphatic heterocycles. The first-order valence-electron chi connectivity index (χ1n) is 8.93. The van der Waals surface area contributed by atoms with Crippen LogP contribution in [0.1, 0.15) is 36.8 Å². The highest BCUT2D eigenvalue weighted by Gasteiger charge is 2.35. The molecule has 0 spiro atoms. The molecule has 5 rings (SSSR count). The highest BCUT2D eigenvalue weighted by molar-refractivity contribution is 5.35. The standard InChI is InChI=1S/C21H24FNO/c1-15(18-3-2-4-19(22)13-18)16-5-7-20(8-6-16)24-21-14-23-11-9-17(21)10-12-23/h2-8,13,15,17,21H,9-12,14H2,1H3. The van der Waals surface area contributed by atoms with E-state index >= 15 is 0 Å². The normalized spacial score (nSPS) is 27.0. The van der Waals surface area contributed by atoms with Gasteiger partial charge in [-0.15, -0.1) is 0 Å². The van der Waals surface area contributed by atoms with E-state index in [4.69, 9.17) is 4.74 Å². The van der Waals surface area contributed by atoms with Crippen LogP contribution in [0, 0.1) is 11.7 Å². The van der Waals surface area contributed by atoms with Crippen molar-refractivity contribution >= 4 is 0 Å². The molecule has 0 aliphatic carbocycles. The first-order valence-corrected chi connectivity index (χ1v) is 8.93. The van der Waals surface area contributed by atoms with E-state index in [1.807, 2.05) is 6.07 Å². The van der Waals surface area contributed by atoms with Crippen molar-refractivity contribution in [3.8, 4) is 5.75 Å². The molecule has 2 aromatic carbocycles. The Balaban J connectivity index is 1.45. The van der Waals surface area contributed by atoms with Gasteiger partial charge in [0.15, 0.2) is 0 Å². The van der Waals surface area contributed by atoms with Crippen LogP contribution in [0.3, 0.4) is 0 Å². The van der Waals surface area contributed by atoms with Crippen LogP contribution in [0.5, 0.6) is 5.75 Å². The number of benzene rings is 2. The van der Waals surface area contributed by atoms with Crippen LogP contribution in [-0.2, 0) is 0 Å². The molecule has 3 heteroatoms. The van der Waals surface area contributed by atoms with Crippen LogP contribution in [-0.4, -0.2) is 30.6 Å². The van der Waals surface area contributed by atoms with Gasteiger partial charge in [-0.3, -0.25) is 4.90 Å². The molecule has 2 nitrogen and oxygen atoms in total. The van der Waals surface area contributed by atoms with Crippen LogP contribution in [0.2, 0.25) is 0 Å². The maximum absolute atomic E-state index is 13.4. The fraction of sp³-hybridized carbons (Fsp3) is 0.429. The molecule has 0 aromatic heterocycles. The second-order valence-electron chi connectivity index (χ2n) is 7.14. The Hall–Kier alpha value is -1.87. The third-order valence-corrected chi connectivity index (χ3v) is 5.61. The van der Waals surface area contributed by atoms with Gasteiger partial charge in [0.25, 0.3) is 0 Å². The summed E-state index contributed by atoms with van der Waals surface area (Å²) in [5.41, 5.74) is 2.18. The van der Waals surface area contributed by atoms with Gasteiger partial charge in [0.1, 0.15) is 17.7 Å². The highest BCUT2D eigenvalue weighted by Crippen LogP contribution is 2.32. The molecule has 0 amide bonds. The minimum atomic E-state index is -0.179. The van der Waals surface area contributed by atoms with Crippen LogP contribution in [0.25, 0.3) is 0 Å². The van der Waals surface area contributed by atoms with E-state index in [1.54, 1.807) is 12.1 Å². The fourth-order valence-electron chi connectivity index (χ4n) is 4.02. The predicted octanol–water partition coefficient (Wildman–Crippen LogP) is 4.45. The van der Waals surface area contributed by atoms with Gasteiger partial charge in [0.2, 0.25) is 0 Å². The highest BCUT2D eigenvalue weighted by atomic mass is 19.1. The van der Waals surface area contributed by atoms with Gasteiger partial charge in [-0.2, -0.15) is 0 Å². The summed E-state index contributed by atoms with van der Waals surface area (Å²) in [4.78, 5) is 2.51. The third-order valence-electron chi connectivity index (χ3n) is 5.61. The van der Waals surface area contributed by atoms with Crippen LogP contribution >= 0.6 is 0 Å². The Morgan fingerprint density at radius 3 is 2.42 bits per heavy atom. The quantitative estimate of drug-likeness (QED) is 0.823. The third kappa shape index (κ3) is 3.18. The number of rotatable bonds is 4. The fourth-order valence-corrected chi connectivity index (χ4v) is 4.02. The van der Waals surface area contributed by atoms with E-state index in [0.29, 0.717) is 12.0 Å². The van der Waals surface area contributed by atoms with E-state index in [2.05, 4.69) is 36.1 Å². The summed E-state index contributed by atoms with van der Waals surface area (Å²) in [5, 5.41) is 0. The summed E-state index contributed by atoms with van der Waals surface area (Å²) in [6.45, 7) is 5.63. The molecule has 3 heterocycles. The Bertz CT molecular complexity index is 691. The number of piperidine rings is 3. The molecule has 24 heavy (non-hydrogen) atoms. The van der Waals surface area contributed by atoms with Crippen molar-refractivity contribution in [2.24, 2.45) is 5.92 Å². The van der Waals surface area contributed by atoms with Gasteiger partial charge in [-0.1, -0.05) is 31.2 Å². The van der Waals surface area contributed by atoms with Crippen molar-refractivity contribution in [2.75, 3.05) is 19.6 Å². The first kappa shape index (κ1) is 15.6. The van der Waals surface area contributed by atoms with Crippen LogP contribution in [0.4, 0.5) is 4.39 Å². The summed E-state index contributed by atoms with van der Waals surface area (Å²) >= 11 is 0. The molecule has 2 unspecified atom stereocenters. The summed E-state index contributed by atoms with van der Waals surface area (Å²) in [6.07, 6.45) is 2.86. The van der Waals surface area contributed by atoms with Gasteiger partial charge in [0.05, 0.1) is 0 Å². The monoisotopic (exact) mass is 325 g/mol. The summed E-state index contributed by atoms with van der Waals surface area (Å²) in [7, 11) is 0. The number of hydrogen-bond acceptors (Lipinski definition) is 2. The molecule has 0 saturated carbocycles. The lowest BCUT2D eigenvalue weighted by Crippen LogP contribution is -2.52. The lowest BCUT2D eigenvalue weighted by molar-refractivity contribution is -0.00776. The SMILES string of the molecule is CC(c1ccc(OC2CN3CCC2CC3)cc1)c1cccc(F)c1. The lowest BCUT2D eigenvalue weighted by atomic mass is 9.86. The average Bonchev–Trinajstić information content (AvgIpc) is 2.63. The van der Waals surface area contributed by atoms with Gasteiger partial charge < -0.3 is 4.74 Å². The molecule has 3 fully saturated rings. The maximum atomic E-state index is 13.4. The molecular formula is C21H24FNO. The minimum absolute atomic E-state index is 0.173. The van der Waals surface area contributed by atoms with Gasteiger partial charge in [0, 0.05) is 12.5 Å². The Labute approximate surface area is 143 Å². The summed E-state index contributed by atoms with van der Waals surface area (Å²) in [5.74, 6) is 1.65. The number of halogens is 1. The van der Waals surface area contributed by atoms with Gasteiger partial charge >= 0.3 is 0 Å². The molecule has 3 saturated heterocycles. The Kier molecular flexibility index (Phi) is 4.28. The smallest absolute Gasteiger partial charge is 0.123 e. The second kappa shape index (κ2) is 6.56. The summed E-state index contributed by atoms with van der Waals surface area (Å²) < 4.78 is 19.7. The van der Waals surface area contributed by atoms with Crippen molar-refractivity contribution in [3.05, 3.63) is 65.5 Å². The molecule has 2 aromatic rings. The molecular weight excluding hydrogens is 301 g/mol. The minimum Gasteiger partial charge on any atom is -0.489 e. The van der Waals surface area contributed by atoms with Crippen molar-refractivity contribution in [2.45, 2.75) is 31.8 Å². The zero-order valence-electron chi connectivity index (χ0n) is 14.1. The zero-order valence-corrected chi connectivity index (χ0v) is 14.1. The van der Waals surface area contributed by atoms with Crippen molar-refractivity contribution in [1.82, 2.24) is 4.90 Å². The largest absolute Gasteiger partial charge is 0.489 e. The number of fused-ring (bicyclic) bond motifs is 3. The molecule has 3 aliphatic rings. The van der Waals surface area contributed by atoms with Crippen molar-refractivity contribution in [1.29, 1.82) is 0 Å². The molecule has 0 N–H and O–H groups in total. The second-order valence-corrected chi connectivity index (χ2v) is 7.14. The number of nitrogens with zero attached hydrogens (tertiary/aromatic N) is 1.